The van der Waals surface area contributed by atoms with Crippen molar-refractivity contribution in [3.63, 3.8) is 0 Å². The summed E-state index contributed by atoms with van der Waals surface area (Å²) in [5.41, 5.74) is 1.77. The molecule has 0 atom stereocenters. The zero-order valence-corrected chi connectivity index (χ0v) is 19.4. The largest absolute Gasteiger partial charge is 0.484 e. The second kappa shape index (κ2) is 10.7. The lowest BCUT2D eigenvalue weighted by Crippen LogP contribution is -2.15. The Morgan fingerprint density at radius 1 is 1.33 bits per heavy atom. The van der Waals surface area contributed by atoms with Gasteiger partial charge >= 0.3 is 0 Å². The highest BCUT2D eigenvalue weighted by molar-refractivity contribution is 9.10. The molecule has 0 bridgehead atoms. The summed E-state index contributed by atoms with van der Waals surface area (Å²) in [4.78, 5) is 12.4. The van der Waals surface area contributed by atoms with Crippen molar-refractivity contribution in [3.8, 4) is 5.75 Å². The number of aromatic nitrogens is 3. The van der Waals surface area contributed by atoms with Crippen LogP contribution in [0.5, 0.6) is 5.75 Å². The molecule has 30 heavy (non-hydrogen) atoms. The normalized spacial score (nSPS) is 10.6. The van der Waals surface area contributed by atoms with Gasteiger partial charge in [0.2, 0.25) is 5.91 Å². The molecule has 0 aliphatic carbocycles. The van der Waals surface area contributed by atoms with E-state index in [1.807, 2.05) is 41.8 Å². The number of para-hydroxylation sites is 1. The number of rotatable bonds is 9. The number of benzene rings is 2. The van der Waals surface area contributed by atoms with Gasteiger partial charge in [-0.15, -0.1) is 16.8 Å². The third kappa shape index (κ3) is 5.87. The minimum atomic E-state index is -0.118. The van der Waals surface area contributed by atoms with E-state index in [1.165, 1.54) is 11.8 Å². The number of amides is 1. The molecule has 0 aliphatic rings. The fraction of sp³-hybridized carbons (Fsp3) is 0.190. The molecule has 1 aromatic heterocycles. The first-order valence-electron chi connectivity index (χ1n) is 9.07. The fourth-order valence-electron chi connectivity index (χ4n) is 2.63. The van der Waals surface area contributed by atoms with E-state index >= 15 is 0 Å². The Hall–Kier alpha value is -2.29. The van der Waals surface area contributed by atoms with Gasteiger partial charge < -0.3 is 10.1 Å². The average molecular weight is 508 g/mol. The summed E-state index contributed by atoms with van der Waals surface area (Å²) >= 11 is 10.9. The van der Waals surface area contributed by atoms with Crippen LogP contribution in [0.1, 0.15) is 11.4 Å². The third-order valence-corrected chi connectivity index (χ3v) is 5.87. The highest BCUT2D eigenvalue weighted by Gasteiger charge is 2.15. The molecule has 0 radical (unpaired) electrons. The molecule has 9 heteroatoms. The molecule has 0 saturated carbocycles. The van der Waals surface area contributed by atoms with Crippen LogP contribution in [0.3, 0.4) is 0 Å². The van der Waals surface area contributed by atoms with E-state index < -0.39 is 0 Å². The highest BCUT2D eigenvalue weighted by Crippen LogP contribution is 2.25. The standard InChI is InChI=1S/C21H20BrClN4O2S/c1-3-10-27-19(12-29-18-7-5-4-6-16(18)23)25-26-21(27)30-13-20(28)24-17-9-8-15(22)11-14(17)2/h3-9,11H,1,10,12-13H2,2H3,(H,24,28). The first kappa shape index (κ1) is 22.4. The van der Waals surface area contributed by atoms with Crippen molar-refractivity contribution < 1.29 is 9.53 Å². The lowest BCUT2D eigenvalue weighted by molar-refractivity contribution is -0.113. The smallest absolute Gasteiger partial charge is 0.234 e. The summed E-state index contributed by atoms with van der Waals surface area (Å²) in [7, 11) is 0. The Labute approximate surface area is 192 Å². The van der Waals surface area contributed by atoms with Crippen LogP contribution in [0.4, 0.5) is 5.69 Å². The van der Waals surface area contributed by atoms with Crippen molar-refractivity contribution in [2.75, 3.05) is 11.1 Å². The maximum atomic E-state index is 12.4. The van der Waals surface area contributed by atoms with Gasteiger partial charge in [0.1, 0.15) is 12.4 Å². The number of hydrogen-bond acceptors (Lipinski definition) is 5. The molecule has 0 saturated heterocycles. The van der Waals surface area contributed by atoms with Gasteiger partial charge in [-0.2, -0.15) is 0 Å². The molecule has 0 fully saturated rings. The Morgan fingerprint density at radius 2 is 2.13 bits per heavy atom. The number of ether oxygens (including phenoxy) is 1. The number of halogens is 2. The van der Waals surface area contributed by atoms with E-state index in [9.17, 15) is 4.79 Å². The lowest BCUT2D eigenvalue weighted by Gasteiger charge is -2.10. The van der Waals surface area contributed by atoms with E-state index in [1.54, 1.807) is 18.2 Å². The van der Waals surface area contributed by atoms with Crippen LogP contribution >= 0.6 is 39.3 Å². The molecule has 0 spiro atoms. The summed E-state index contributed by atoms with van der Waals surface area (Å²) in [6.45, 7) is 6.44. The number of nitrogens with zero attached hydrogens (tertiary/aromatic N) is 3. The number of nitrogens with one attached hydrogen (secondary N) is 1. The number of allylic oxidation sites excluding steroid dienone is 1. The molecule has 6 nitrogen and oxygen atoms in total. The summed E-state index contributed by atoms with van der Waals surface area (Å²) in [5.74, 6) is 1.29. The molecular formula is C21H20BrClN4O2S. The molecule has 0 unspecified atom stereocenters. The van der Waals surface area contributed by atoms with Gasteiger partial charge in [-0.3, -0.25) is 9.36 Å². The van der Waals surface area contributed by atoms with Crippen LogP contribution in [-0.2, 0) is 17.9 Å². The van der Waals surface area contributed by atoms with Gasteiger partial charge in [-0.25, -0.2) is 0 Å². The Kier molecular flexibility index (Phi) is 7.95. The van der Waals surface area contributed by atoms with Crippen molar-refractivity contribution in [3.05, 3.63) is 76.0 Å². The number of carbonyl (C=O) groups excluding carboxylic acids is 1. The molecule has 0 aliphatic heterocycles. The summed E-state index contributed by atoms with van der Waals surface area (Å²) in [6.07, 6.45) is 1.75. The van der Waals surface area contributed by atoms with E-state index in [4.69, 9.17) is 16.3 Å². The Bertz CT molecular complexity index is 1060. The molecule has 1 heterocycles. The SMILES string of the molecule is C=CCn1c(COc2ccccc2Cl)nnc1SCC(=O)Nc1ccc(Br)cc1C. The second-order valence-corrected chi connectivity index (χ2v) is 8.58. The zero-order chi connectivity index (χ0) is 21.5. The maximum Gasteiger partial charge on any atom is 0.234 e. The van der Waals surface area contributed by atoms with Crippen molar-refractivity contribution in [2.45, 2.75) is 25.2 Å². The average Bonchev–Trinajstić information content (AvgIpc) is 3.10. The molecule has 156 valence electrons. The quantitative estimate of drug-likeness (QED) is 0.306. The second-order valence-electron chi connectivity index (χ2n) is 6.31. The van der Waals surface area contributed by atoms with Crippen LogP contribution in [0, 0.1) is 6.92 Å². The van der Waals surface area contributed by atoms with Gasteiger partial charge in [0.15, 0.2) is 11.0 Å². The maximum absolute atomic E-state index is 12.4. The summed E-state index contributed by atoms with van der Waals surface area (Å²) in [5, 5.41) is 12.5. The van der Waals surface area contributed by atoms with Gasteiger partial charge in [0.05, 0.1) is 10.8 Å². The first-order chi connectivity index (χ1) is 14.5. The van der Waals surface area contributed by atoms with E-state index in [0.717, 1.165) is 15.7 Å². The van der Waals surface area contributed by atoms with E-state index in [0.29, 0.717) is 28.3 Å². The fourth-order valence-corrected chi connectivity index (χ4v) is 4.07. The minimum Gasteiger partial charge on any atom is -0.484 e. The molecule has 3 rings (SSSR count). The van der Waals surface area contributed by atoms with Gasteiger partial charge in [-0.1, -0.05) is 57.5 Å². The number of aryl methyl sites for hydroxylation is 1. The van der Waals surface area contributed by atoms with Crippen LogP contribution in [0.15, 0.2) is 64.7 Å². The van der Waals surface area contributed by atoms with E-state index in [2.05, 4.69) is 38.0 Å². The van der Waals surface area contributed by atoms with Crippen LogP contribution in [0.25, 0.3) is 0 Å². The Balaban J connectivity index is 1.63. The summed E-state index contributed by atoms with van der Waals surface area (Å²) < 4.78 is 8.61. The van der Waals surface area contributed by atoms with Crippen LogP contribution in [0.2, 0.25) is 5.02 Å². The minimum absolute atomic E-state index is 0.118. The number of thioether (sulfide) groups is 1. The third-order valence-electron chi connectivity index (χ3n) is 4.09. The number of anilines is 1. The number of hydrogen-bond donors (Lipinski definition) is 1. The zero-order valence-electron chi connectivity index (χ0n) is 16.3. The number of carbonyl (C=O) groups is 1. The molecule has 1 N–H and O–H groups in total. The topological polar surface area (TPSA) is 69.0 Å². The van der Waals surface area contributed by atoms with Gasteiger partial charge in [0, 0.05) is 16.7 Å². The highest BCUT2D eigenvalue weighted by atomic mass is 79.9. The molecule has 3 aromatic rings. The summed E-state index contributed by atoms with van der Waals surface area (Å²) in [6, 6.07) is 13.0. The van der Waals surface area contributed by atoms with Crippen molar-refractivity contribution in [1.82, 2.24) is 14.8 Å². The van der Waals surface area contributed by atoms with Gasteiger partial charge in [0.25, 0.3) is 0 Å². The van der Waals surface area contributed by atoms with Crippen molar-refractivity contribution in [2.24, 2.45) is 0 Å². The molecule has 2 aromatic carbocycles. The van der Waals surface area contributed by atoms with Gasteiger partial charge in [-0.05, 0) is 42.8 Å². The van der Waals surface area contributed by atoms with Crippen molar-refractivity contribution >= 4 is 50.9 Å². The van der Waals surface area contributed by atoms with Crippen LogP contribution < -0.4 is 10.1 Å². The monoisotopic (exact) mass is 506 g/mol. The first-order valence-corrected chi connectivity index (χ1v) is 11.2. The molecule has 1 amide bonds. The van der Waals surface area contributed by atoms with Crippen LogP contribution in [-0.4, -0.2) is 26.4 Å². The predicted molar refractivity (Wildman–Crippen MR) is 124 cm³/mol. The van der Waals surface area contributed by atoms with E-state index in [-0.39, 0.29) is 18.3 Å². The predicted octanol–water partition coefficient (Wildman–Crippen LogP) is 5.50. The molecular weight excluding hydrogens is 488 g/mol. The Morgan fingerprint density at radius 3 is 2.87 bits per heavy atom. The van der Waals surface area contributed by atoms with Crippen molar-refractivity contribution in [1.29, 1.82) is 0 Å². The lowest BCUT2D eigenvalue weighted by atomic mass is 10.2.